The summed E-state index contributed by atoms with van der Waals surface area (Å²) in [6, 6.07) is 12.1. The van der Waals surface area contributed by atoms with Gasteiger partial charge in [0.2, 0.25) is 11.7 Å². The molecule has 0 saturated heterocycles. The van der Waals surface area contributed by atoms with E-state index in [1.807, 2.05) is 26.0 Å². The molecule has 1 heterocycles. The number of hydrogen-bond acceptors (Lipinski definition) is 7. The third kappa shape index (κ3) is 5.89. The third-order valence-corrected chi connectivity index (χ3v) is 5.55. The van der Waals surface area contributed by atoms with E-state index in [2.05, 4.69) is 5.32 Å². The van der Waals surface area contributed by atoms with Gasteiger partial charge < -0.3 is 28.8 Å². The minimum Gasteiger partial charge on any atom is -0.496 e. The van der Waals surface area contributed by atoms with Crippen LogP contribution in [0.15, 0.2) is 46.9 Å². The van der Waals surface area contributed by atoms with Gasteiger partial charge in [0.25, 0.3) is 5.95 Å². The molecule has 0 aliphatic rings. The van der Waals surface area contributed by atoms with Crippen LogP contribution in [0.5, 0.6) is 11.7 Å². The van der Waals surface area contributed by atoms with Crippen molar-refractivity contribution in [1.29, 1.82) is 0 Å². The van der Waals surface area contributed by atoms with Crippen LogP contribution in [0, 0.1) is 0 Å². The zero-order chi connectivity index (χ0) is 25.7. The molecule has 8 nitrogen and oxygen atoms in total. The number of anilines is 2. The number of ether oxygens (including phenoxy) is 3. The standard InChI is InChI=1S/C26H29ClN2O6/c1-15(2)28-21-9-8-18(19-13-17(27)7-10-22(19)32-5)20(25(21)29(4)16(3)30)14-34-26(31)23-11-12-24(33-6)35-23/h7-13,15,28H,14H2,1-6H3. The third-order valence-electron chi connectivity index (χ3n) is 5.32. The van der Waals surface area contributed by atoms with Gasteiger partial charge in [0.15, 0.2) is 0 Å². The van der Waals surface area contributed by atoms with E-state index >= 15 is 0 Å². The lowest BCUT2D eigenvalue weighted by atomic mass is 9.95. The van der Waals surface area contributed by atoms with E-state index in [9.17, 15) is 9.59 Å². The molecule has 9 heteroatoms. The number of methoxy groups -OCH3 is 2. The fraction of sp³-hybridized carbons (Fsp3) is 0.308. The molecule has 2 aromatic carbocycles. The Morgan fingerprint density at radius 1 is 1.06 bits per heavy atom. The lowest BCUT2D eigenvalue weighted by Gasteiger charge is -2.27. The molecule has 0 unspecified atom stereocenters. The Morgan fingerprint density at radius 2 is 1.80 bits per heavy atom. The average Bonchev–Trinajstić information content (AvgIpc) is 3.31. The Bertz CT molecular complexity index is 1220. The predicted octanol–water partition coefficient (Wildman–Crippen LogP) is 5.78. The highest BCUT2D eigenvalue weighted by Crippen LogP contribution is 2.42. The molecule has 1 amide bonds. The Hall–Kier alpha value is -3.65. The van der Waals surface area contributed by atoms with Crippen molar-refractivity contribution < 1.29 is 28.2 Å². The molecule has 35 heavy (non-hydrogen) atoms. The number of halogens is 1. The van der Waals surface area contributed by atoms with E-state index in [0.717, 1.165) is 0 Å². The largest absolute Gasteiger partial charge is 0.496 e. The molecule has 0 aliphatic carbocycles. The molecule has 0 bridgehead atoms. The predicted molar refractivity (Wildman–Crippen MR) is 136 cm³/mol. The monoisotopic (exact) mass is 500 g/mol. The number of carbonyl (C=O) groups excluding carboxylic acids is 2. The first-order valence-electron chi connectivity index (χ1n) is 11.0. The molecule has 0 radical (unpaired) electrons. The van der Waals surface area contributed by atoms with Gasteiger partial charge in [0.05, 0.1) is 25.6 Å². The fourth-order valence-electron chi connectivity index (χ4n) is 3.64. The molecule has 186 valence electrons. The van der Waals surface area contributed by atoms with E-state index in [-0.39, 0.29) is 30.3 Å². The second-order valence-electron chi connectivity index (χ2n) is 8.11. The Kier molecular flexibility index (Phi) is 8.30. The maximum absolute atomic E-state index is 12.7. The highest BCUT2D eigenvalue weighted by Gasteiger charge is 2.24. The van der Waals surface area contributed by atoms with Crippen LogP contribution < -0.4 is 19.7 Å². The smallest absolute Gasteiger partial charge is 0.374 e. The SMILES string of the molecule is COc1ccc(C(=O)OCc2c(-c3cc(Cl)ccc3OC)ccc(NC(C)C)c2N(C)C(C)=O)o1. The van der Waals surface area contributed by atoms with Crippen LogP contribution in [0.1, 0.15) is 36.9 Å². The number of furan rings is 1. The molecular formula is C26H29ClN2O6. The minimum absolute atomic E-state index is 0.00155. The van der Waals surface area contributed by atoms with Gasteiger partial charge in [-0.05, 0) is 49.7 Å². The van der Waals surface area contributed by atoms with E-state index < -0.39 is 5.97 Å². The molecule has 0 aliphatic heterocycles. The van der Waals surface area contributed by atoms with E-state index in [4.69, 9.17) is 30.2 Å². The van der Waals surface area contributed by atoms with E-state index in [1.54, 1.807) is 32.4 Å². The summed E-state index contributed by atoms with van der Waals surface area (Å²) in [7, 11) is 4.68. The van der Waals surface area contributed by atoms with Crippen molar-refractivity contribution in [3.05, 3.63) is 58.8 Å². The fourth-order valence-corrected chi connectivity index (χ4v) is 3.81. The summed E-state index contributed by atoms with van der Waals surface area (Å²) in [5.74, 6) is -0.0758. The van der Waals surface area contributed by atoms with Gasteiger partial charge in [-0.3, -0.25) is 4.79 Å². The lowest BCUT2D eigenvalue weighted by molar-refractivity contribution is -0.116. The van der Waals surface area contributed by atoms with E-state index in [1.165, 1.54) is 31.1 Å². The molecule has 0 spiro atoms. The van der Waals surface area contributed by atoms with Crippen LogP contribution >= 0.6 is 11.6 Å². The summed E-state index contributed by atoms with van der Waals surface area (Å²) in [4.78, 5) is 26.7. The summed E-state index contributed by atoms with van der Waals surface area (Å²) in [6.45, 7) is 5.31. The second-order valence-corrected chi connectivity index (χ2v) is 8.54. The Labute approximate surface area is 209 Å². The molecule has 0 fully saturated rings. The van der Waals surface area contributed by atoms with Gasteiger partial charge in [-0.15, -0.1) is 0 Å². The van der Waals surface area contributed by atoms with Crippen molar-refractivity contribution in [2.24, 2.45) is 0 Å². The quantitative estimate of drug-likeness (QED) is 0.372. The average molecular weight is 501 g/mol. The second kappa shape index (κ2) is 11.2. The van der Waals surface area contributed by atoms with E-state index in [0.29, 0.717) is 38.8 Å². The highest BCUT2D eigenvalue weighted by atomic mass is 35.5. The Morgan fingerprint density at radius 3 is 2.40 bits per heavy atom. The van der Waals surface area contributed by atoms with Crippen molar-refractivity contribution >= 4 is 34.9 Å². The van der Waals surface area contributed by atoms with Crippen LogP contribution in [-0.2, 0) is 16.1 Å². The summed E-state index contributed by atoms with van der Waals surface area (Å²) in [5, 5.41) is 3.88. The summed E-state index contributed by atoms with van der Waals surface area (Å²) < 4.78 is 21.5. The van der Waals surface area contributed by atoms with Crippen molar-refractivity contribution in [2.75, 3.05) is 31.5 Å². The molecule has 3 rings (SSSR count). The zero-order valence-electron chi connectivity index (χ0n) is 20.6. The molecule has 1 N–H and O–H groups in total. The molecule has 3 aromatic rings. The molecule has 0 atom stereocenters. The van der Waals surface area contributed by atoms with Gasteiger partial charge in [0, 0.05) is 42.2 Å². The van der Waals surface area contributed by atoms with Crippen molar-refractivity contribution in [1.82, 2.24) is 0 Å². The Balaban J connectivity index is 2.18. The number of esters is 1. The molecule has 1 aromatic heterocycles. The first-order valence-corrected chi connectivity index (χ1v) is 11.4. The number of hydrogen-bond donors (Lipinski definition) is 1. The van der Waals surface area contributed by atoms with Crippen LogP contribution in [-0.4, -0.2) is 39.2 Å². The number of amides is 1. The van der Waals surface area contributed by atoms with Crippen molar-refractivity contribution in [2.45, 2.75) is 33.4 Å². The van der Waals surface area contributed by atoms with Crippen LogP contribution in [0.3, 0.4) is 0 Å². The normalized spacial score (nSPS) is 10.7. The molecule has 0 saturated carbocycles. The maximum Gasteiger partial charge on any atom is 0.374 e. The van der Waals surface area contributed by atoms with Gasteiger partial charge >= 0.3 is 5.97 Å². The number of nitrogens with zero attached hydrogens (tertiary/aromatic N) is 1. The van der Waals surface area contributed by atoms with Gasteiger partial charge in [0.1, 0.15) is 12.4 Å². The van der Waals surface area contributed by atoms with Crippen LogP contribution in [0.2, 0.25) is 5.02 Å². The van der Waals surface area contributed by atoms with Crippen LogP contribution in [0.4, 0.5) is 11.4 Å². The lowest BCUT2D eigenvalue weighted by Crippen LogP contribution is -2.27. The van der Waals surface area contributed by atoms with Gasteiger partial charge in [-0.25, -0.2) is 4.79 Å². The van der Waals surface area contributed by atoms with Crippen LogP contribution in [0.25, 0.3) is 11.1 Å². The molecular weight excluding hydrogens is 472 g/mol. The zero-order valence-corrected chi connectivity index (χ0v) is 21.4. The summed E-state index contributed by atoms with van der Waals surface area (Å²) in [6.07, 6.45) is 0. The maximum atomic E-state index is 12.7. The first kappa shape index (κ1) is 26.0. The number of benzene rings is 2. The van der Waals surface area contributed by atoms with Crippen molar-refractivity contribution in [3.8, 4) is 22.8 Å². The number of carbonyl (C=O) groups is 2. The number of nitrogens with one attached hydrogen (secondary N) is 1. The summed E-state index contributed by atoms with van der Waals surface area (Å²) in [5.41, 5.74) is 3.29. The minimum atomic E-state index is -0.670. The summed E-state index contributed by atoms with van der Waals surface area (Å²) >= 11 is 6.31. The topological polar surface area (TPSA) is 90.2 Å². The highest BCUT2D eigenvalue weighted by molar-refractivity contribution is 6.31. The number of rotatable bonds is 9. The van der Waals surface area contributed by atoms with Gasteiger partial charge in [-0.2, -0.15) is 0 Å². The first-order chi connectivity index (χ1) is 16.7. The van der Waals surface area contributed by atoms with Crippen molar-refractivity contribution in [3.63, 3.8) is 0 Å². The van der Waals surface area contributed by atoms with Gasteiger partial charge in [-0.1, -0.05) is 17.7 Å².